The van der Waals surface area contributed by atoms with Crippen molar-refractivity contribution in [1.29, 1.82) is 0 Å². The average molecular weight is 348 g/mol. The molecule has 0 unspecified atom stereocenters. The summed E-state index contributed by atoms with van der Waals surface area (Å²) in [4.78, 5) is 8.88. The van der Waals surface area contributed by atoms with Crippen LogP contribution in [0.2, 0.25) is 0 Å². The Morgan fingerprint density at radius 3 is 2.50 bits per heavy atom. The number of aryl methyl sites for hydroxylation is 2. The van der Waals surface area contributed by atoms with Crippen molar-refractivity contribution >= 4 is 23.1 Å². The van der Waals surface area contributed by atoms with E-state index in [1.54, 1.807) is 6.20 Å². The van der Waals surface area contributed by atoms with Crippen molar-refractivity contribution in [1.82, 2.24) is 9.97 Å². The molecule has 3 rings (SSSR count). The van der Waals surface area contributed by atoms with Gasteiger partial charge < -0.3 is 15.4 Å². The molecule has 0 aliphatic heterocycles. The molecule has 0 saturated carbocycles. The lowest BCUT2D eigenvalue weighted by atomic mass is 10.1. The summed E-state index contributed by atoms with van der Waals surface area (Å²) in [5.41, 5.74) is 4.25. The molecule has 0 spiro atoms. The number of hydrogen-bond donors (Lipinski definition) is 2. The van der Waals surface area contributed by atoms with Gasteiger partial charge in [-0.1, -0.05) is 29.8 Å². The Balaban J connectivity index is 1.80. The first kappa shape index (κ1) is 17.7. The summed E-state index contributed by atoms with van der Waals surface area (Å²) in [6.07, 6.45) is 1.83. The SMILES string of the molecule is Cc1ccc(Nc2nccc(Nc3ccccc3OC(C)C)n2)c(C)c1. The van der Waals surface area contributed by atoms with Crippen LogP contribution < -0.4 is 15.4 Å². The van der Waals surface area contributed by atoms with Crippen LogP contribution in [0.25, 0.3) is 0 Å². The fourth-order valence-corrected chi connectivity index (χ4v) is 2.63. The van der Waals surface area contributed by atoms with Gasteiger partial charge in [0.15, 0.2) is 0 Å². The lowest BCUT2D eigenvalue weighted by Gasteiger charge is -2.15. The number of para-hydroxylation sites is 2. The van der Waals surface area contributed by atoms with E-state index in [1.807, 2.05) is 50.2 Å². The molecule has 1 aromatic heterocycles. The zero-order valence-electron chi connectivity index (χ0n) is 15.6. The van der Waals surface area contributed by atoms with Crippen molar-refractivity contribution in [2.24, 2.45) is 0 Å². The van der Waals surface area contributed by atoms with Gasteiger partial charge in [-0.2, -0.15) is 4.98 Å². The van der Waals surface area contributed by atoms with Crippen molar-refractivity contribution in [2.45, 2.75) is 33.8 Å². The van der Waals surface area contributed by atoms with Crippen molar-refractivity contribution in [3.05, 3.63) is 65.9 Å². The van der Waals surface area contributed by atoms with Gasteiger partial charge in [0.25, 0.3) is 0 Å². The summed E-state index contributed by atoms with van der Waals surface area (Å²) in [6.45, 7) is 8.16. The number of aromatic nitrogens is 2. The molecule has 134 valence electrons. The standard InChI is InChI=1S/C21H24N4O/c1-14(2)26-19-8-6-5-7-18(19)23-20-11-12-22-21(25-20)24-17-10-9-15(3)13-16(17)4/h5-14H,1-4H3,(H2,22,23,24,25). The van der Waals surface area contributed by atoms with E-state index in [0.29, 0.717) is 11.8 Å². The van der Waals surface area contributed by atoms with E-state index >= 15 is 0 Å². The molecule has 26 heavy (non-hydrogen) atoms. The van der Waals surface area contributed by atoms with Crippen LogP contribution in [0, 0.1) is 13.8 Å². The molecule has 5 heteroatoms. The van der Waals surface area contributed by atoms with Crippen molar-refractivity contribution in [2.75, 3.05) is 10.6 Å². The van der Waals surface area contributed by atoms with E-state index in [9.17, 15) is 0 Å². The Morgan fingerprint density at radius 2 is 1.73 bits per heavy atom. The number of benzene rings is 2. The molecule has 0 amide bonds. The van der Waals surface area contributed by atoms with Gasteiger partial charge in [0, 0.05) is 11.9 Å². The van der Waals surface area contributed by atoms with Crippen molar-refractivity contribution in [3.8, 4) is 5.75 Å². The third kappa shape index (κ3) is 4.51. The quantitative estimate of drug-likeness (QED) is 0.627. The van der Waals surface area contributed by atoms with Gasteiger partial charge in [-0.15, -0.1) is 0 Å². The zero-order valence-corrected chi connectivity index (χ0v) is 15.6. The predicted molar refractivity (Wildman–Crippen MR) is 107 cm³/mol. The van der Waals surface area contributed by atoms with Crippen LogP contribution in [-0.2, 0) is 0 Å². The van der Waals surface area contributed by atoms with Crippen molar-refractivity contribution in [3.63, 3.8) is 0 Å². The van der Waals surface area contributed by atoms with E-state index in [2.05, 4.69) is 46.6 Å². The molecular weight excluding hydrogens is 324 g/mol. The number of hydrogen-bond acceptors (Lipinski definition) is 5. The third-order valence-corrected chi connectivity index (χ3v) is 3.80. The Hall–Kier alpha value is -3.08. The maximum absolute atomic E-state index is 5.85. The molecule has 0 bridgehead atoms. The summed E-state index contributed by atoms with van der Waals surface area (Å²) in [5.74, 6) is 2.04. The lowest BCUT2D eigenvalue weighted by molar-refractivity contribution is 0.244. The smallest absolute Gasteiger partial charge is 0.229 e. The molecule has 2 aromatic carbocycles. The zero-order chi connectivity index (χ0) is 18.5. The Morgan fingerprint density at radius 1 is 0.923 bits per heavy atom. The van der Waals surface area contributed by atoms with E-state index in [-0.39, 0.29) is 6.10 Å². The Kier molecular flexibility index (Phi) is 5.37. The summed E-state index contributed by atoms with van der Waals surface area (Å²) >= 11 is 0. The van der Waals surface area contributed by atoms with Crippen LogP contribution in [0.3, 0.4) is 0 Å². The first-order valence-corrected chi connectivity index (χ1v) is 8.71. The van der Waals surface area contributed by atoms with E-state index in [0.717, 1.165) is 22.7 Å². The largest absolute Gasteiger partial charge is 0.489 e. The molecule has 1 heterocycles. The lowest BCUT2D eigenvalue weighted by Crippen LogP contribution is -2.08. The second-order valence-electron chi connectivity index (χ2n) is 6.50. The fourth-order valence-electron chi connectivity index (χ4n) is 2.63. The highest BCUT2D eigenvalue weighted by molar-refractivity contribution is 5.65. The minimum Gasteiger partial charge on any atom is -0.489 e. The Labute approximate surface area is 154 Å². The van der Waals surface area contributed by atoms with Gasteiger partial charge in [-0.05, 0) is 57.5 Å². The van der Waals surface area contributed by atoms with E-state index in [4.69, 9.17) is 4.74 Å². The molecule has 5 nitrogen and oxygen atoms in total. The van der Waals surface area contributed by atoms with Crippen LogP contribution in [0.4, 0.5) is 23.1 Å². The van der Waals surface area contributed by atoms with Gasteiger partial charge in [-0.3, -0.25) is 0 Å². The number of nitrogens with one attached hydrogen (secondary N) is 2. The highest BCUT2D eigenvalue weighted by atomic mass is 16.5. The number of ether oxygens (including phenoxy) is 1. The van der Waals surface area contributed by atoms with E-state index in [1.165, 1.54) is 5.56 Å². The normalized spacial score (nSPS) is 10.7. The van der Waals surface area contributed by atoms with Gasteiger partial charge in [0.2, 0.25) is 5.95 Å². The van der Waals surface area contributed by atoms with Gasteiger partial charge in [0.05, 0.1) is 11.8 Å². The molecule has 0 radical (unpaired) electrons. The number of anilines is 4. The van der Waals surface area contributed by atoms with Gasteiger partial charge >= 0.3 is 0 Å². The number of nitrogens with zero attached hydrogens (tertiary/aromatic N) is 2. The molecule has 0 saturated heterocycles. The summed E-state index contributed by atoms with van der Waals surface area (Å²) in [7, 11) is 0. The monoisotopic (exact) mass is 348 g/mol. The highest BCUT2D eigenvalue weighted by Crippen LogP contribution is 2.28. The highest BCUT2D eigenvalue weighted by Gasteiger charge is 2.07. The molecule has 3 aromatic rings. The molecular formula is C21H24N4O. The molecule has 0 aliphatic carbocycles. The first-order chi connectivity index (χ1) is 12.5. The average Bonchev–Trinajstić information content (AvgIpc) is 2.59. The topological polar surface area (TPSA) is 59.1 Å². The predicted octanol–water partition coefficient (Wildman–Crippen LogP) is 5.37. The van der Waals surface area contributed by atoms with Gasteiger partial charge in [0.1, 0.15) is 11.6 Å². The minimum atomic E-state index is 0.102. The number of rotatable bonds is 6. The van der Waals surface area contributed by atoms with Crippen LogP contribution in [0.15, 0.2) is 54.7 Å². The van der Waals surface area contributed by atoms with Crippen molar-refractivity contribution < 1.29 is 4.74 Å². The fraction of sp³-hybridized carbons (Fsp3) is 0.238. The molecule has 0 fully saturated rings. The summed E-state index contributed by atoms with van der Waals surface area (Å²) in [5, 5.41) is 6.59. The molecule has 0 aliphatic rings. The van der Waals surface area contributed by atoms with Crippen LogP contribution in [0.5, 0.6) is 5.75 Å². The minimum absolute atomic E-state index is 0.102. The molecule has 0 atom stereocenters. The molecule has 2 N–H and O–H groups in total. The van der Waals surface area contributed by atoms with Crippen LogP contribution in [0.1, 0.15) is 25.0 Å². The van der Waals surface area contributed by atoms with Crippen LogP contribution >= 0.6 is 0 Å². The second-order valence-corrected chi connectivity index (χ2v) is 6.50. The first-order valence-electron chi connectivity index (χ1n) is 8.71. The van der Waals surface area contributed by atoms with E-state index < -0.39 is 0 Å². The third-order valence-electron chi connectivity index (χ3n) is 3.80. The maximum Gasteiger partial charge on any atom is 0.229 e. The second kappa shape index (κ2) is 7.87. The van der Waals surface area contributed by atoms with Gasteiger partial charge in [-0.25, -0.2) is 4.98 Å². The summed E-state index contributed by atoms with van der Waals surface area (Å²) in [6, 6.07) is 15.9. The Bertz CT molecular complexity index is 893. The summed E-state index contributed by atoms with van der Waals surface area (Å²) < 4.78 is 5.85. The van der Waals surface area contributed by atoms with Crippen LogP contribution in [-0.4, -0.2) is 16.1 Å². The maximum atomic E-state index is 5.85.